The number of esters is 1. The Labute approximate surface area is 206 Å². The number of carbonyl (C=O) groups excluding carboxylic acids is 2. The highest BCUT2D eigenvalue weighted by atomic mass is 79.9. The highest BCUT2D eigenvalue weighted by molar-refractivity contribution is 9.10. The first-order valence-corrected chi connectivity index (χ1v) is 12.6. The minimum atomic E-state index is -3.57. The molecule has 182 valence electrons. The summed E-state index contributed by atoms with van der Waals surface area (Å²) in [5.74, 6) is -0.124. The highest BCUT2D eigenvalue weighted by Gasteiger charge is 2.29. The number of hydrazone groups is 1. The van der Waals surface area contributed by atoms with Gasteiger partial charge in [0, 0.05) is 37.6 Å². The first-order chi connectivity index (χ1) is 16.2. The quantitative estimate of drug-likeness (QED) is 0.230. The summed E-state index contributed by atoms with van der Waals surface area (Å²) in [6.45, 7) is 2.85. The van der Waals surface area contributed by atoms with Crippen LogP contribution in [0.1, 0.15) is 12.5 Å². The highest BCUT2D eigenvalue weighted by Crippen LogP contribution is 2.27. The van der Waals surface area contributed by atoms with Crippen molar-refractivity contribution in [2.75, 3.05) is 39.8 Å². The molecule has 12 heteroatoms. The first kappa shape index (κ1) is 25.8. The van der Waals surface area contributed by atoms with Gasteiger partial charge in [-0.25, -0.2) is 13.8 Å². The van der Waals surface area contributed by atoms with Crippen molar-refractivity contribution in [2.24, 2.45) is 5.10 Å². The summed E-state index contributed by atoms with van der Waals surface area (Å²) in [6.07, 6.45) is 1.45. The average molecular weight is 553 g/mol. The minimum Gasteiger partial charge on any atom is -0.493 e. The van der Waals surface area contributed by atoms with Gasteiger partial charge in [-0.3, -0.25) is 14.5 Å². The zero-order valence-electron chi connectivity index (χ0n) is 18.7. The van der Waals surface area contributed by atoms with E-state index in [1.165, 1.54) is 24.6 Å². The van der Waals surface area contributed by atoms with Crippen LogP contribution >= 0.6 is 15.9 Å². The number of piperazine rings is 1. The van der Waals surface area contributed by atoms with E-state index >= 15 is 0 Å². The predicted octanol–water partition coefficient (Wildman–Crippen LogP) is 1.84. The van der Waals surface area contributed by atoms with E-state index in [0.717, 1.165) is 4.47 Å². The molecule has 10 nitrogen and oxygen atoms in total. The largest absolute Gasteiger partial charge is 0.493 e. The molecule has 1 fully saturated rings. The summed E-state index contributed by atoms with van der Waals surface area (Å²) in [5, 5.41) is 3.95. The normalized spacial score (nSPS) is 15.3. The van der Waals surface area contributed by atoms with Crippen molar-refractivity contribution in [1.29, 1.82) is 0 Å². The molecule has 1 heterocycles. The van der Waals surface area contributed by atoms with Crippen LogP contribution < -0.4 is 14.9 Å². The molecule has 1 saturated heterocycles. The van der Waals surface area contributed by atoms with Crippen LogP contribution in [0.25, 0.3) is 0 Å². The molecule has 0 radical (unpaired) electrons. The molecule has 0 saturated carbocycles. The van der Waals surface area contributed by atoms with Gasteiger partial charge in [-0.05, 0) is 48.0 Å². The second kappa shape index (κ2) is 11.6. The second-order valence-corrected chi connectivity index (χ2v) is 10.3. The number of carbonyl (C=O) groups is 2. The lowest BCUT2D eigenvalue weighted by atomic mass is 10.2. The fourth-order valence-electron chi connectivity index (χ4n) is 3.30. The third kappa shape index (κ3) is 6.86. The van der Waals surface area contributed by atoms with Gasteiger partial charge in [0.2, 0.25) is 10.0 Å². The molecule has 0 aromatic heterocycles. The third-order valence-corrected chi connectivity index (χ3v) is 7.44. The summed E-state index contributed by atoms with van der Waals surface area (Å²) >= 11 is 3.30. The number of benzene rings is 2. The van der Waals surface area contributed by atoms with E-state index in [0.29, 0.717) is 37.5 Å². The van der Waals surface area contributed by atoms with Gasteiger partial charge in [-0.2, -0.15) is 9.41 Å². The lowest BCUT2D eigenvalue weighted by Gasteiger charge is -2.33. The van der Waals surface area contributed by atoms with E-state index in [4.69, 9.17) is 9.47 Å². The van der Waals surface area contributed by atoms with Gasteiger partial charge in [0.05, 0.1) is 24.8 Å². The topological polar surface area (TPSA) is 118 Å². The van der Waals surface area contributed by atoms with Crippen LogP contribution in [-0.2, 0) is 19.6 Å². The molecule has 1 amide bonds. The lowest BCUT2D eigenvalue weighted by Crippen LogP contribution is -2.50. The van der Waals surface area contributed by atoms with Crippen LogP contribution in [-0.4, -0.2) is 75.5 Å². The number of methoxy groups -OCH3 is 1. The molecule has 3 rings (SSSR count). The van der Waals surface area contributed by atoms with Gasteiger partial charge in [0.1, 0.15) is 0 Å². The Morgan fingerprint density at radius 3 is 2.38 bits per heavy atom. The molecule has 0 unspecified atom stereocenters. The van der Waals surface area contributed by atoms with Crippen molar-refractivity contribution in [3.63, 3.8) is 0 Å². The molecular weight excluding hydrogens is 528 g/mol. The molecule has 0 atom stereocenters. The van der Waals surface area contributed by atoms with Crippen LogP contribution in [0.3, 0.4) is 0 Å². The Hall–Kier alpha value is -2.80. The van der Waals surface area contributed by atoms with Gasteiger partial charge < -0.3 is 9.47 Å². The number of rotatable bonds is 8. The van der Waals surface area contributed by atoms with Crippen molar-refractivity contribution in [1.82, 2.24) is 14.6 Å². The fraction of sp³-hybridized carbons (Fsp3) is 0.318. The van der Waals surface area contributed by atoms with Crippen molar-refractivity contribution in [2.45, 2.75) is 11.8 Å². The van der Waals surface area contributed by atoms with Gasteiger partial charge >= 0.3 is 5.97 Å². The number of ether oxygens (including phenoxy) is 2. The smallest absolute Gasteiger partial charge is 0.308 e. The average Bonchev–Trinajstić information content (AvgIpc) is 2.80. The number of hydrogen-bond donors (Lipinski definition) is 1. The number of nitrogens with zero attached hydrogens (tertiary/aromatic N) is 3. The lowest BCUT2D eigenvalue weighted by molar-refractivity contribution is -0.132. The number of sulfonamides is 1. The third-order valence-electron chi connectivity index (χ3n) is 4.99. The van der Waals surface area contributed by atoms with E-state index < -0.39 is 16.0 Å². The monoisotopic (exact) mass is 552 g/mol. The minimum absolute atomic E-state index is 0.0955. The summed E-state index contributed by atoms with van der Waals surface area (Å²) in [6, 6.07) is 11.4. The Morgan fingerprint density at radius 2 is 1.76 bits per heavy atom. The van der Waals surface area contributed by atoms with Crippen LogP contribution in [0.2, 0.25) is 0 Å². The number of halogens is 1. The summed E-state index contributed by atoms with van der Waals surface area (Å²) in [4.78, 5) is 25.5. The van der Waals surface area contributed by atoms with E-state index in [2.05, 4.69) is 26.5 Å². The van der Waals surface area contributed by atoms with E-state index in [-0.39, 0.29) is 23.1 Å². The predicted molar refractivity (Wildman–Crippen MR) is 129 cm³/mol. The van der Waals surface area contributed by atoms with Crippen LogP contribution in [0.15, 0.2) is 56.9 Å². The Morgan fingerprint density at radius 1 is 1.09 bits per heavy atom. The van der Waals surface area contributed by atoms with Gasteiger partial charge in [0.15, 0.2) is 11.5 Å². The van der Waals surface area contributed by atoms with Crippen molar-refractivity contribution >= 4 is 44.0 Å². The maximum absolute atomic E-state index is 12.8. The van der Waals surface area contributed by atoms with Crippen molar-refractivity contribution in [3.05, 3.63) is 52.5 Å². The summed E-state index contributed by atoms with van der Waals surface area (Å²) < 4.78 is 38.0. The summed E-state index contributed by atoms with van der Waals surface area (Å²) in [7, 11) is -2.11. The van der Waals surface area contributed by atoms with Crippen LogP contribution in [0.4, 0.5) is 0 Å². The molecule has 1 aliphatic heterocycles. The zero-order valence-corrected chi connectivity index (χ0v) is 21.1. The first-order valence-electron chi connectivity index (χ1n) is 10.4. The van der Waals surface area contributed by atoms with Gasteiger partial charge in [-0.15, -0.1) is 0 Å². The van der Waals surface area contributed by atoms with E-state index in [9.17, 15) is 18.0 Å². The second-order valence-electron chi connectivity index (χ2n) is 7.43. The number of nitrogens with one attached hydrogen (secondary N) is 1. The van der Waals surface area contributed by atoms with Crippen LogP contribution in [0, 0.1) is 0 Å². The molecule has 34 heavy (non-hydrogen) atoms. The standard InChI is InChI=1S/C22H25BrN4O6S/c1-16(28)33-20-8-3-17(13-21(20)32-2)14-24-25-22(29)15-26-9-11-27(12-10-26)34(30,31)19-6-4-18(23)5-7-19/h3-8,13-14H,9-12,15H2,1-2H3,(H,25,29)/b24-14-. The maximum atomic E-state index is 12.8. The van der Waals surface area contributed by atoms with E-state index in [1.54, 1.807) is 42.5 Å². The Balaban J connectivity index is 1.49. The maximum Gasteiger partial charge on any atom is 0.308 e. The fourth-order valence-corrected chi connectivity index (χ4v) is 4.99. The molecule has 0 bridgehead atoms. The van der Waals surface area contributed by atoms with E-state index in [1.807, 2.05) is 4.90 Å². The molecular formula is C22H25BrN4O6S. The number of hydrogen-bond acceptors (Lipinski definition) is 8. The van der Waals surface area contributed by atoms with Crippen molar-refractivity contribution < 1.29 is 27.5 Å². The number of amides is 1. The molecule has 1 N–H and O–H groups in total. The summed E-state index contributed by atoms with van der Waals surface area (Å²) in [5.41, 5.74) is 3.10. The Kier molecular flexibility index (Phi) is 8.78. The molecule has 1 aliphatic rings. The molecule has 2 aromatic rings. The zero-order chi connectivity index (χ0) is 24.7. The van der Waals surface area contributed by atoms with Gasteiger partial charge in [-0.1, -0.05) is 15.9 Å². The van der Waals surface area contributed by atoms with Crippen LogP contribution in [0.5, 0.6) is 11.5 Å². The van der Waals surface area contributed by atoms with Gasteiger partial charge in [0.25, 0.3) is 5.91 Å². The Bertz CT molecular complexity index is 1160. The molecule has 0 spiro atoms. The molecule has 0 aliphatic carbocycles. The molecule has 2 aromatic carbocycles. The SMILES string of the molecule is COc1cc(/C=N\NC(=O)CN2CCN(S(=O)(=O)c3ccc(Br)cc3)CC2)ccc1OC(C)=O. The van der Waals surface area contributed by atoms with Crippen molar-refractivity contribution in [3.8, 4) is 11.5 Å².